The van der Waals surface area contributed by atoms with E-state index in [1.54, 1.807) is 44.3 Å². The molecule has 0 saturated heterocycles. The Kier molecular flexibility index (Phi) is 7.94. The maximum Gasteiger partial charge on any atom is 0.191 e. The van der Waals surface area contributed by atoms with E-state index in [2.05, 4.69) is 15.6 Å². The maximum absolute atomic E-state index is 13.5. The van der Waals surface area contributed by atoms with Gasteiger partial charge in [-0.2, -0.15) is 0 Å². The number of aliphatic imine (C=N–C) groups is 1. The molecule has 6 heteroatoms. The van der Waals surface area contributed by atoms with Crippen molar-refractivity contribution in [1.82, 2.24) is 10.6 Å². The molecule has 0 aliphatic heterocycles. The van der Waals surface area contributed by atoms with Crippen LogP contribution in [0.15, 0.2) is 47.5 Å². The van der Waals surface area contributed by atoms with Gasteiger partial charge in [-0.25, -0.2) is 8.78 Å². The second-order valence-corrected chi connectivity index (χ2v) is 4.95. The molecule has 0 fully saturated rings. The molecule has 0 atom stereocenters. The largest absolute Gasteiger partial charge is 0.352 e. The van der Waals surface area contributed by atoms with Crippen molar-refractivity contribution >= 4 is 29.9 Å². The van der Waals surface area contributed by atoms with Crippen LogP contribution in [0.25, 0.3) is 0 Å². The van der Waals surface area contributed by atoms with Gasteiger partial charge >= 0.3 is 0 Å². The second-order valence-electron chi connectivity index (χ2n) is 4.95. The van der Waals surface area contributed by atoms with E-state index >= 15 is 0 Å². The topological polar surface area (TPSA) is 36.4 Å². The van der Waals surface area contributed by atoms with E-state index in [1.807, 2.05) is 0 Å². The summed E-state index contributed by atoms with van der Waals surface area (Å²) in [6, 6.07) is 11.5. The molecular formula is C17H20F2IN3. The van der Waals surface area contributed by atoms with Crippen molar-refractivity contribution in [2.24, 2.45) is 4.99 Å². The maximum atomic E-state index is 13.5. The summed E-state index contributed by atoms with van der Waals surface area (Å²) in [5.41, 5.74) is 2.13. The molecule has 0 unspecified atom stereocenters. The molecule has 0 heterocycles. The lowest BCUT2D eigenvalue weighted by Crippen LogP contribution is -2.36. The Bertz CT molecular complexity index is 675. The third-order valence-corrected chi connectivity index (χ3v) is 3.31. The van der Waals surface area contributed by atoms with E-state index in [0.29, 0.717) is 30.2 Å². The molecule has 3 nitrogen and oxygen atoms in total. The molecule has 124 valence electrons. The van der Waals surface area contributed by atoms with Crippen LogP contribution in [-0.4, -0.2) is 13.0 Å². The Morgan fingerprint density at radius 1 is 1.00 bits per heavy atom. The fourth-order valence-electron chi connectivity index (χ4n) is 2.04. The van der Waals surface area contributed by atoms with Crippen LogP contribution in [0.5, 0.6) is 0 Å². The number of halogens is 3. The van der Waals surface area contributed by atoms with Crippen LogP contribution in [0.3, 0.4) is 0 Å². The van der Waals surface area contributed by atoms with Gasteiger partial charge in [0.1, 0.15) is 11.6 Å². The van der Waals surface area contributed by atoms with Crippen LogP contribution in [-0.2, 0) is 13.1 Å². The average molecular weight is 431 g/mol. The minimum Gasteiger partial charge on any atom is -0.352 e. The van der Waals surface area contributed by atoms with Gasteiger partial charge in [0.05, 0.1) is 0 Å². The summed E-state index contributed by atoms with van der Waals surface area (Å²) in [7, 11) is 1.65. The monoisotopic (exact) mass is 431 g/mol. The van der Waals surface area contributed by atoms with E-state index in [1.165, 1.54) is 12.1 Å². The van der Waals surface area contributed by atoms with Gasteiger partial charge in [-0.15, -0.1) is 24.0 Å². The first-order valence-electron chi connectivity index (χ1n) is 7.03. The Morgan fingerprint density at radius 2 is 1.70 bits per heavy atom. The number of hydrogen-bond acceptors (Lipinski definition) is 1. The molecule has 0 saturated carbocycles. The van der Waals surface area contributed by atoms with E-state index in [-0.39, 0.29) is 35.6 Å². The fraction of sp³-hybridized carbons (Fsp3) is 0.235. The number of nitrogens with one attached hydrogen (secondary N) is 2. The summed E-state index contributed by atoms with van der Waals surface area (Å²) in [5, 5.41) is 6.16. The zero-order chi connectivity index (χ0) is 15.9. The number of nitrogens with zero attached hydrogens (tertiary/aromatic N) is 1. The molecule has 0 aliphatic carbocycles. The molecule has 2 aromatic carbocycles. The molecule has 2 aromatic rings. The highest BCUT2D eigenvalue weighted by atomic mass is 127. The molecule has 0 amide bonds. The highest BCUT2D eigenvalue weighted by Crippen LogP contribution is 2.09. The number of aryl methyl sites for hydroxylation is 1. The second kappa shape index (κ2) is 9.44. The predicted octanol–water partition coefficient (Wildman–Crippen LogP) is 3.76. The lowest BCUT2D eigenvalue weighted by Gasteiger charge is -2.12. The number of guanidine groups is 1. The first kappa shape index (κ1) is 19.3. The summed E-state index contributed by atoms with van der Waals surface area (Å²) in [5.74, 6) is 0.0932. The molecular weight excluding hydrogens is 411 g/mol. The molecule has 0 bridgehead atoms. The first-order chi connectivity index (χ1) is 10.6. The van der Waals surface area contributed by atoms with Gasteiger partial charge in [0.25, 0.3) is 0 Å². The SMILES string of the molecule is CN=C(NCc1ccc(F)c(C)c1)NCc1ccccc1F.I. The summed E-state index contributed by atoms with van der Waals surface area (Å²) in [6.07, 6.45) is 0. The molecule has 2 N–H and O–H groups in total. The highest BCUT2D eigenvalue weighted by molar-refractivity contribution is 14.0. The Labute approximate surface area is 152 Å². The quantitative estimate of drug-likeness (QED) is 0.440. The summed E-state index contributed by atoms with van der Waals surface area (Å²) < 4.78 is 26.8. The zero-order valence-electron chi connectivity index (χ0n) is 13.1. The predicted molar refractivity (Wildman–Crippen MR) is 100.0 cm³/mol. The van der Waals surface area contributed by atoms with Gasteiger partial charge < -0.3 is 10.6 Å². The smallest absolute Gasteiger partial charge is 0.191 e. The molecule has 23 heavy (non-hydrogen) atoms. The van der Waals surface area contributed by atoms with Crippen molar-refractivity contribution in [3.05, 3.63) is 70.8 Å². The number of benzene rings is 2. The van der Waals surface area contributed by atoms with Crippen LogP contribution in [0.4, 0.5) is 8.78 Å². The molecule has 2 rings (SSSR count). The number of hydrogen-bond donors (Lipinski definition) is 2. The van der Waals surface area contributed by atoms with Crippen LogP contribution in [0.1, 0.15) is 16.7 Å². The fourth-order valence-corrected chi connectivity index (χ4v) is 2.04. The van der Waals surface area contributed by atoms with Gasteiger partial charge in [0.15, 0.2) is 5.96 Å². The van der Waals surface area contributed by atoms with Crippen molar-refractivity contribution < 1.29 is 8.78 Å². The highest BCUT2D eigenvalue weighted by Gasteiger charge is 2.04. The van der Waals surface area contributed by atoms with E-state index in [4.69, 9.17) is 0 Å². The van der Waals surface area contributed by atoms with Crippen LogP contribution < -0.4 is 10.6 Å². The molecule has 0 spiro atoms. The summed E-state index contributed by atoms with van der Waals surface area (Å²) >= 11 is 0. The molecule has 0 radical (unpaired) electrons. The number of rotatable bonds is 4. The Hall–Kier alpha value is -1.70. The Balaban J connectivity index is 0.00000264. The van der Waals surface area contributed by atoms with Crippen LogP contribution >= 0.6 is 24.0 Å². The average Bonchev–Trinajstić information content (AvgIpc) is 2.52. The first-order valence-corrected chi connectivity index (χ1v) is 7.03. The van der Waals surface area contributed by atoms with Gasteiger partial charge in [-0.3, -0.25) is 4.99 Å². The summed E-state index contributed by atoms with van der Waals surface area (Å²) in [6.45, 7) is 2.58. The third-order valence-electron chi connectivity index (χ3n) is 3.31. The van der Waals surface area contributed by atoms with Gasteiger partial charge in [-0.05, 0) is 30.2 Å². The van der Waals surface area contributed by atoms with Gasteiger partial charge in [-0.1, -0.05) is 30.3 Å². The minimum absolute atomic E-state index is 0. The third kappa shape index (κ3) is 5.78. The van der Waals surface area contributed by atoms with Gasteiger partial charge in [0, 0.05) is 25.7 Å². The summed E-state index contributed by atoms with van der Waals surface area (Å²) in [4.78, 5) is 4.09. The molecule has 0 aromatic heterocycles. The zero-order valence-corrected chi connectivity index (χ0v) is 15.4. The lowest BCUT2D eigenvalue weighted by atomic mass is 10.1. The standard InChI is InChI=1S/C17H19F2N3.HI/c1-12-9-13(7-8-15(12)18)10-21-17(20-2)22-11-14-5-3-4-6-16(14)19;/h3-9H,10-11H2,1-2H3,(H2,20,21,22);1H. The minimum atomic E-state index is -0.250. The van der Waals surface area contributed by atoms with Crippen LogP contribution in [0, 0.1) is 18.6 Å². The van der Waals surface area contributed by atoms with Gasteiger partial charge in [0.2, 0.25) is 0 Å². The van der Waals surface area contributed by atoms with E-state index in [9.17, 15) is 8.78 Å². The molecule has 0 aliphatic rings. The lowest BCUT2D eigenvalue weighted by molar-refractivity contribution is 0.604. The van der Waals surface area contributed by atoms with Crippen molar-refractivity contribution in [2.45, 2.75) is 20.0 Å². The Morgan fingerprint density at radius 3 is 2.35 bits per heavy atom. The van der Waals surface area contributed by atoms with Crippen molar-refractivity contribution in [3.63, 3.8) is 0 Å². The van der Waals surface area contributed by atoms with Crippen molar-refractivity contribution in [1.29, 1.82) is 0 Å². The van der Waals surface area contributed by atoms with Crippen molar-refractivity contribution in [2.75, 3.05) is 7.05 Å². The van der Waals surface area contributed by atoms with E-state index in [0.717, 1.165) is 5.56 Å². The normalized spacial score (nSPS) is 10.9. The van der Waals surface area contributed by atoms with Crippen molar-refractivity contribution in [3.8, 4) is 0 Å². The van der Waals surface area contributed by atoms with E-state index < -0.39 is 0 Å². The van der Waals surface area contributed by atoms with Crippen LogP contribution in [0.2, 0.25) is 0 Å².